The molecule has 1 aromatic carbocycles. The van der Waals surface area contributed by atoms with Crippen LogP contribution < -0.4 is 10.5 Å². The van der Waals surface area contributed by atoms with E-state index in [9.17, 15) is 8.78 Å². The van der Waals surface area contributed by atoms with Crippen LogP contribution in [0.15, 0.2) is 12.1 Å². The summed E-state index contributed by atoms with van der Waals surface area (Å²) in [6.07, 6.45) is 5.06. The molecule has 0 amide bonds. The fraction of sp³-hybridized carbons (Fsp3) is 0.500. The van der Waals surface area contributed by atoms with Crippen LogP contribution in [0.5, 0.6) is 5.75 Å². The summed E-state index contributed by atoms with van der Waals surface area (Å²) >= 11 is 0. The predicted molar refractivity (Wildman–Crippen MR) is 58.3 cm³/mol. The molecule has 0 spiro atoms. The van der Waals surface area contributed by atoms with Crippen molar-refractivity contribution in [1.82, 2.24) is 0 Å². The molecule has 0 heterocycles. The lowest BCUT2D eigenvalue weighted by Gasteiger charge is -2.23. The zero-order valence-corrected chi connectivity index (χ0v) is 9.01. The molecule has 2 rings (SSSR count). The number of rotatable bonds is 2. The Labute approximate surface area is 93.4 Å². The Hall–Kier alpha value is -1.32. The van der Waals surface area contributed by atoms with Gasteiger partial charge in [-0.15, -0.1) is 0 Å². The number of hydrogen-bond donors (Lipinski definition) is 1. The smallest absolute Gasteiger partial charge is 0.202 e. The van der Waals surface area contributed by atoms with Crippen molar-refractivity contribution >= 4 is 5.69 Å². The SMILES string of the molecule is Nc1ccc(F)c(F)c1OC1CCCCC1. The Morgan fingerprint density at radius 1 is 1.12 bits per heavy atom. The highest BCUT2D eigenvalue weighted by atomic mass is 19.2. The molecule has 0 bridgehead atoms. The largest absolute Gasteiger partial charge is 0.485 e. The summed E-state index contributed by atoms with van der Waals surface area (Å²) in [5, 5.41) is 0. The topological polar surface area (TPSA) is 35.2 Å². The van der Waals surface area contributed by atoms with Crippen LogP contribution in [-0.2, 0) is 0 Å². The molecule has 1 saturated carbocycles. The summed E-state index contributed by atoms with van der Waals surface area (Å²) in [4.78, 5) is 0. The third kappa shape index (κ3) is 2.26. The van der Waals surface area contributed by atoms with Gasteiger partial charge in [0.25, 0.3) is 0 Å². The van der Waals surface area contributed by atoms with Gasteiger partial charge >= 0.3 is 0 Å². The molecule has 0 unspecified atom stereocenters. The van der Waals surface area contributed by atoms with E-state index in [1.54, 1.807) is 0 Å². The van der Waals surface area contributed by atoms with Crippen LogP contribution in [0.4, 0.5) is 14.5 Å². The third-order valence-electron chi connectivity index (χ3n) is 2.92. The van der Waals surface area contributed by atoms with Crippen LogP contribution in [-0.4, -0.2) is 6.10 Å². The zero-order chi connectivity index (χ0) is 11.5. The fourth-order valence-electron chi connectivity index (χ4n) is 2.02. The Morgan fingerprint density at radius 2 is 1.81 bits per heavy atom. The first-order valence-corrected chi connectivity index (χ1v) is 5.58. The summed E-state index contributed by atoms with van der Waals surface area (Å²) in [7, 11) is 0. The van der Waals surface area contributed by atoms with Gasteiger partial charge in [0, 0.05) is 0 Å². The molecule has 0 aromatic heterocycles. The van der Waals surface area contributed by atoms with E-state index in [0.717, 1.165) is 31.7 Å². The number of benzene rings is 1. The van der Waals surface area contributed by atoms with Gasteiger partial charge in [-0.3, -0.25) is 0 Å². The van der Waals surface area contributed by atoms with Crippen LogP contribution in [0.3, 0.4) is 0 Å². The van der Waals surface area contributed by atoms with E-state index >= 15 is 0 Å². The fourth-order valence-corrected chi connectivity index (χ4v) is 2.02. The molecule has 2 nitrogen and oxygen atoms in total. The number of nitrogen functional groups attached to an aromatic ring is 1. The van der Waals surface area contributed by atoms with Gasteiger partial charge in [-0.05, 0) is 37.8 Å². The van der Waals surface area contributed by atoms with Crippen molar-refractivity contribution in [3.8, 4) is 5.75 Å². The number of nitrogens with two attached hydrogens (primary N) is 1. The van der Waals surface area contributed by atoms with Gasteiger partial charge in [0.05, 0.1) is 11.8 Å². The summed E-state index contributed by atoms with van der Waals surface area (Å²) in [5.41, 5.74) is 5.73. The van der Waals surface area contributed by atoms with Crippen LogP contribution >= 0.6 is 0 Å². The van der Waals surface area contributed by atoms with Crippen molar-refractivity contribution in [3.05, 3.63) is 23.8 Å². The van der Waals surface area contributed by atoms with Crippen molar-refractivity contribution in [3.63, 3.8) is 0 Å². The highest BCUT2D eigenvalue weighted by molar-refractivity contribution is 5.53. The van der Waals surface area contributed by atoms with E-state index in [4.69, 9.17) is 10.5 Å². The molecule has 0 atom stereocenters. The van der Waals surface area contributed by atoms with Crippen molar-refractivity contribution < 1.29 is 13.5 Å². The lowest BCUT2D eigenvalue weighted by Crippen LogP contribution is -2.21. The van der Waals surface area contributed by atoms with Gasteiger partial charge in [-0.1, -0.05) is 6.42 Å². The normalized spacial score (nSPS) is 17.4. The molecule has 16 heavy (non-hydrogen) atoms. The molecule has 1 aliphatic rings. The molecular weight excluding hydrogens is 212 g/mol. The van der Waals surface area contributed by atoms with Gasteiger partial charge in [-0.25, -0.2) is 4.39 Å². The van der Waals surface area contributed by atoms with Gasteiger partial charge in [0.15, 0.2) is 11.6 Å². The van der Waals surface area contributed by atoms with Crippen LogP contribution in [0.1, 0.15) is 32.1 Å². The maximum Gasteiger partial charge on any atom is 0.202 e. The number of hydrogen-bond acceptors (Lipinski definition) is 2. The van der Waals surface area contributed by atoms with Gasteiger partial charge in [-0.2, -0.15) is 4.39 Å². The predicted octanol–water partition coefficient (Wildman–Crippen LogP) is 3.26. The number of anilines is 1. The van der Waals surface area contributed by atoms with Gasteiger partial charge in [0.1, 0.15) is 0 Å². The minimum absolute atomic E-state index is 0.0349. The third-order valence-corrected chi connectivity index (χ3v) is 2.92. The molecule has 1 aromatic rings. The first kappa shape index (κ1) is 11.2. The van der Waals surface area contributed by atoms with Crippen molar-refractivity contribution in [2.45, 2.75) is 38.2 Å². The molecule has 4 heteroatoms. The second-order valence-corrected chi connectivity index (χ2v) is 4.16. The second-order valence-electron chi connectivity index (χ2n) is 4.16. The Kier molecular flexibility index (Phi) is 3.27. The highest BCUT2D eigenvalue weighted by Crippen LogP contribution is 2.31. The zero-order valence-electron chi connectivity index (χ0n) is 9.01. The lowest BCUT2D eigenvalue weighted by atomic mass is 9.98. The number of halogens is 2. The van der Waals surface area contributed by atoms with Crippen LogP contribution in [0.25, 0.3) is 0 Å². The Morgan fingerprint density at radius 3 is 2.50 bits per heavy atom. The summed E-state index contributed by atoms with van der Waals surface area (Å²) in [6, 6.07) is 2.34. The summed E-state index contributed by atoms with van der Waals surface area (Å²) in [5.74, 6) is -2.03. The molecule has 1 fully saturated rings. The average molecular weight is 227 g/mol. The maximum atomic E-state index is 13.4. The highest BCUT2D eigenvalue weighted by Gasteiger charge is 2.20. The average Bonchev–Trinajstić information content (AvgIpc) is 2.31. The summed E-state index contributed by atoms with van der Waals surface area (Å²) < 4.78 is 31.9. The Bertz CT molecular complexity index is 376. The van der Waals surface area contributed by atoms with E-state index in [0.29, 0.717) is 0 Å². The minimum atomic E-state index is -0.981. The monoisotopic (exact) mass is 227 g/mol. The first-order valence-electron chi connectivity index (χ1n) is 5.58. The number of ether oxygens (including phenoxy) is 1. The van der Waals surface area contributed by atoms with Gasteiger partial charge < -0.3 is 10.5 Å². The minimum Gasteiger partial charge on any atom is -0.485 e. The van der Waals surface area contributed by atoms with Gasteiger partial charge in [0.2, 0.25) is 5.82 Å². The van der Waals surface area contributed by atoms with Crippen molar-refractivity contribution in [1.29, 1.82) is 0 Å². The van der Waals surface area contributed by atoms with Crippen molar-refractivity contribution in [2.24, 2.45) is 0 Å². The van der Waals surface area contributed by atoms with Crippen LogP contribution in [0, 0.1) is 11.6 Å². The maximum absolute atomic E-state index is 13.4. The molecular formula is C12H15F2NO. The Balaban J connectivity index is 2.16. The lowest BCUT2D eigenvalue weighted by molar-refractivity contribution is 0.148. The van der Waals surface area contributed by atoms with E-state index in [1.807, 2.05) is 0 Å². The summed E-state index contributed by atoms with van der Waals surface area (Å²) in [6.45, 7) is 0. The first-order chi connectivity index (χ1) is 7.68. The molecule has 0 aliphatic heterocycles. The molecule has 88 valence electrons. The van der Waals surface area contributed by atoms with E-state index in [1.165, 1.54) is 12.5 Å². The van der Waals surface area contributed by atoms with Crippen LogP contribution in [0.2, 0.25) is 0 Å². The van der Waals surface area contributed by atoms with Crippen molar-refractivity contribution in [2.75, 3.05) is 5.73 Å². The van der Waals surface area contributed by atoms with E-state index in [2.05, 4.69) is 0 Å². The molecule has 1 aliphatic carbocycles. The molecule has 0 saturated heterocycles. The molecule has 0 radical (unpaired) electrons. The quantitative estimate of drug-likeness (QED) is 0.787. The van der Waals surface area contributed by atoms with E-state index < -0.39 is 11.6 Å². The molecule has 2 N–H and O–H groups in total. The van der Waals surface area contributed by atoms with E-state index in [-0.39, 0.29) is 17.5 Å². The second kappa shape index (κ2) is 4.68. The standard InChI is InChI=1S/C12H15F2NO/c13-9-6-7-10(15)12(11(9)14)16-8-4-2-1-3-5-8/h6-8H,1-5,15H2.